The lowest BCUT2D eigenvalue weighted by Gasteiger charge is -2.31. The molecule has 1 aromatic carbocycles. The molecule has 1 heterocycles. The Morgan fingerprint density at radius 3 is 2.57 bits per heavy atom. The van der Waals surface area contributed by atoms with Crippen LogP contribution < -0.4 is 10.2 Å². The topological polar surface area (TPSA) is 32.3 Å². The second-order valence-electron chi connectivity index (χ2n) is 6.48. The number of nitrogens with one attached hydrogen (secondary N) is 1. The smallest absolute Gasteiger partial charge is 0.227 e. The summed E-state index contributed by atoms with van der Waals surface area (Å²) in [5.41, 5.74) is 3.72. The van der Waals surface area contributed by atoms with Crippen LogP contribution in [0.1, 0.15) is 51.3 Å². The molecule has 2 rings (SSSR count). The monoisotopic (exact) mass is 288 g/mol. The predicted molar refractivity (Wildman–Crippen MR) is 88.6 cm³/mol. The molecule has 0 saturated carbocycles. The van der Waals surface area contributed by atoms with E-state index in [9.17, 15) is 4.79 Å². The molecular weight excluding hydrogens is 260 g/mol. The van der Waals surface area contributed by atoms with E-state index in [4.69, 9.17) is 0 Å². The summed E-state index contributed by atoms with van der Waals surface area (Å²) in [6.07, 6.45) is 1.49. The highest BCUT2D eigenvalue weighted by Gasteiger charge is 2.25. The van der Waals surface area contributed by atoms with Crippen molar-refractivity contribution in [3.63, 3.8) is 0 Å². The fourth-order valence-electron chi connectivity index (χ4n) is 3.08. The standard InChI is InChI=1S/C18H28N2O/c1-6-19-18(13(4)12(2)3)15-7-9-16-14(11-15)8-10-17(21)20(16)5/h7,9,11-13,18-19H,6,8,10H2,1-5H3. The SMILES string of the molecule is CCNC(c1ccc2c(c1)CCC(=O)N2C)C(C)C(C)C. The summed E-state index contributed by atoms with van der Waals surface area (Å²) in [6, 6.07) is 6.97. The molecule has 1 aliphatic heterocycles. The van der Waals surface area contributed by atoms with Gasteiger partial charge in [-0.1, -0.05) is 39.8 Å². The number of nitrogens with zero attached hydrogens (tertiary/aromatic N) is 1. The van der Waals surface area contributed by atoms with Gasteiger partial charge in [0.1, 0.15) is 0 Å². The largest absolute Gasteiger partial charge is 0.315 e. The molecule has 1 aliphatic rings. The third kappa shape index (κ3) is 3.29. The van der Waals surface area contributed by atoms with E-state index in [1.54, 1.807) is 4.90 Å². The van der Waals surface area contributed by atoms with Crippen molar-refractivity contribution >= 4 is 11.6 Å². The van der Waals surface area contributed by atoms with Crippen LogP contribution in [-0.2, 0) is 11.2 Å². The molecule has 2 atom stereocenters. The molecule has 0 saturated heterocycles. The number of fused-ring (bicyclic) bond motifs is 1. The van der Waals surface area contributed by atoms with Crippen LogP contribution in [0.4, 0.5) is 5.69 Å². The van der Waals surface area contributed by atoms with Crippen molar-refractivity contribution in [3.05, 3.63) is 29.3 Å². The number of benzene rings is 1. The Hall–Kier alpha value is -1.35. The molecule has 0 radical (unpaired) electrons. The number of hydrogen-bond acceptors (Lipinski definition) is 2. The van der Waals surface area contributed by atoms with E-state index >= 15 is 0 Å². The molecular formula is C18H28N2O. The van der Waals surface area contributed by atoms with E-state index in [1.807, 2.05) is 7.05 Å². The summed E-state index contributed by atoms with van der Waals surface area (Å²) >= 11 is 0. The van der Waals surface area contributed by atoms with Crippen LogP contribution in [-0.4, -0.2) is 19.5 Å². The van der Waals surface area contributed by atoms with Crippen molar-refractivity contribution in [2.75, 3.05) is 18.5 Å². The fraction of sp³-hybridized carbons (Fsp3) is 0.611. The van der Waals surface area contributed by atoms with Crippen LogP contribution in [0.25, 0.3) is 0 Å². The molecule has 1 aromatic rings. The van der Waals surface area contributed by atoms with Gasteiger partial charge in [-0.15, -0.1) is 0 Å². The maximum Gasteiger partial charge on any atom is 0.227 e. The first-order valence-electron chi connectivity index (χ1n) is 8.08. The minimum atomic E-state index is 0.217. The summed E-state index contributed by atoms with van der Waals surface area (Å²) < 4.78 is 0. The van der Waals surface area contributed by atoms with Gasteiger partial charge in [0, 0.05) is 25.2 Å². The van der Waals surface area contributed by atoms with Crippen LogP contribution in [0, 0.1) is 11.8 Å². The lowest BCUT2D eigenvalue weighted by Crippen LogP contribution is -2.32. The van der Waals surface area contributed by atoms with Crippen molar-refractivity contribution < 1.29 is 4.79 Å². The Kier molecular flexibility index (Phi) is 5.04. The molecule has 2 unspecified atom stereocenters. The van der Waals surface area contributed by atoms with Crippen molar-refractivity contribution in [2.24, 2.45) is 11.8 Å². The number of amides is 1. The van der Waals surface area contributed by atoms with Gasteiger partial charge < -0.3 is 10.2 Å². The van der Waals surface area contributed by atoms with Crippen molar-refractivity contribution in [2.45, 2.75) is 46.6 Å². The Labute approximate surface area is 128 Å². The average Bonchev–Trinajstić information content (AvgIpc) is 2.47. The first-order chi connectivity index (χ1) is 9.95. The van der Waals surface area contributed by atoms with Crippen molar-refractivity contribution in [1.82, 2.24) is 5.32 Å². The summed E-state index contributed by atoms with van der Waals surface area (Å²) in [6.45, 7) is 9.99. The van der Waals surface area contributed by atoms with Gasteiger partial charge in [-0.2, -0.15) is 0 Å². The summed E-state index contributed by atoms with van der Waals surface area (Å²) in [7, 11) is 1.87. The lowest BCUT2D eigenvalue weighted by atomic mass is 9.84. The number of aryl methyl sites for hydroxylation is 1. The first kappa shape index (κ1) is 16.0. The van der Waals surface area contributed by atoms with Crippen LogP contribution in [0.5, 0.6) is 0 Å². The fourth-order valence-corrected chi connectivity index (χ4v) is 3.08. The van der Waals surface area contributed by atoms with Crippen LogP contribution in [0.15, 0.2) is 18.2 Å². The molecule has 0 fully saturated rings. The Bertz CT molecular complexity index is 510. The predicted octanol–water partition coefficient (Wildman–Crippen LogP) is 3.54. The minimum absolute atomic E-state index is 0.217. The minimum Gasteiger partial charge on any atom is -0.315 e. The average molecular weight is 288 g/mol. The zero-order chi connectivity index (χ0) is 15.6. The van der Waals surface area contributed by atoms with Gasteiger partial charge in [0.2, 0.25) is 5.91 Å². The zero-order valence-corrected chi connectivity index (χ0v) is 13.9. The van der Waals surface area contributed by atoms with Crippen LogP contribution in [0.2, 0.25) is 0 Å². The van der Waals surface area contributed by atoms with Gasteiger partial charge in [-0.3, -0.25) is 4.79 Å². The highest BCUT2D eigenvalue weighted by Crippen LogP contribution is 2.33. The highest BCUT2D eigenvalue weighted by molar-refractivity contribution is 5.95. The zero-order valence-electron chi connectivity index (χ0n) is 13.9. The van der Waals surface area contributed by atoms with Gasteiger partial charge in [0.25, 0.3) is 0 Å². The Balaban J connectivity index is 2.33. The molecule has 0 aliphatic carbocycles. The van der Waals surface area contributed by atoms with E-state index in [0.29, 0.717) is 24.3 Å². The van der Waals surface area contributed by atoms with Crippen LogP contribution >= 0.6 is 0 Å². The number of carbonyl (C=O) groups excluding carboxylic acids is 1. The van der Waals surface area contributed by atoms with E-state index in [1.165, 1.54) is 11.1 Å². The summed E-state index contributed by atoms with van der Waals surface area (Å²) in [5, 5.41) is 3.63. The number of anilines is 1. The molecule has 0 spiro atoms. The maximum absolute atomic E-state index is 11.8. The molecule has 116 valence electrons. The van der Waals surface area contributed by atoms with Crippen LogP contribution in [0.3, 0.4) is 0 Å². The van der Waals surface area contributed by atoms with E-state index in [0.717, 1.165) is 18.7 Å². The molecule has 3 nitrogen and oxygen atoms in total. The van der Waals surface area contributed by atoms with Gasteiger partial charge in [0.05, 0.1) is 0 Å². The molecule has 0 bridgehead atoms. The second-order valence-corrected chi connectivity index (χ2v) is 6.48. The number of rotatable bonds is 5. The molecule has 3 heteroatoms. The van der Waals surface area contributed by atoms with Gasteiger partial charge >= 0.3 is 0 Å². The van der Waals surface area contributed by atoms with Gasteiger partial charge in [-0.05, 0) is 42.0 Å². The Morgan fingerprint density at radius 1 is 1.24 bits per heavy atom. The quantitative estimate of drug-likeness (QED) is 0.899. The van der Waals surface area contributed by atoms with Crippen molar-refractivity contribution in [3.8, 4) is 0 Å². The number of hydrogen-bond donors (Lipinski definition) is 1. The second kappa shape index (κ2) is 6.61. The van der Waals surface area contributed by atoms with Gasteiger partial charge in [0.15, 0.2) is 0 Å². The Morgan fingerprint density at radius 2 is 1.95 bits per heavy atom. The molecule has 1 amide bonds. The summed E-state index contributed by atoms with van der Waals surface area (Å²) in [4.78, 5) is 13.6. The number of carbonyl (C=O) groups is 1. The lowest BCUT2D eigenvalue weighted by molar-refractivity contribution is -0.118. The normalized spacial score (nSPS) is 17.8. The molecule has 1 N–H and O–H groups in total. The maximum atomic E-state index is 11.8. The van der Waals surface area contributed by atoms with E-state index < -0.39 is 0 Å². The third-order valence-corrected chi connectivity index (χ3v) is 4.81. The molecule has 0 aromatic heterocycles. The van der Waals surface area contributed by atoms with Gasteiger partial charge in [-0.25, -0.2) is 0 Å². The first-order valence-corrected chi connectivity index (χ1v) is 8.08. The van der Waals surface area contributed by atoms with E-state index in [-0.39, 0.29) is 5.91 Å². The molecule has 21 heavy (non-hydrogen) atoms. The highest BCUT2D eigenvalue weighted by atomic mass is 16.2. The third-order valence-electron chi connectivity index (χ3n) is 4.81. The van der Waals surface area contributed by atoms with E-state index in [2.05, 4.69) is 51.2 Å². The summed E-state index contributed by atoms with van der Waals surface area (Å²) in [5.74, 6) is 1.43. The van der Waals surface area contributed by atoms with Crippen molar-refractivity contribution in [1.29, 1.82) is 0 Å².